The van der Waals surface area contributed by atoms with E-state index in [1.165, 1.54) is 0 Å². The van der Waals surface area contributed by atoms with Crippen molar-refractivity contribution in [1.82, 2.24) is 24.3 Å². The van der Waals surface area contributed by atoms with Gasteiger partial charge in [0, 0.05) is 29.9 Å². The van der Waals surface area contributed by atoms with Gasteiger partial charge in [-0.05, 0) is 32.9 Å². The zero-order chi connectivity index (χ0) is 18.7. The minimum atomic E-state index is -0.264. The average molecular weight is 353 g/mol. The van der Waals surface area contributed by atoms with Gasteiger partial charge in [0.2, 0.25) is 0 Å². The van der Waals surface area contributed by atoms with E-state index in [2.05, 4.69) is 15.1 Å². The summed E-state index contributed by atoms with van der Waals surface area (Å²) < 4.78 is 8.85. The van der Waals surface area contributed by atoms with Crippen molar-refractivity contribution in [3.8, 4) is 5.75 Å². The number of hydrogen-bond acceptors (Lipinski definition) is 5. The number of ether oxygens (including phenoxy) is 1. The van der Waals surface area contributed by atoms with Crippen LogP contribution in [0.15, 0.2) is 35.1 Å². The minimum absolute atomic E-state index is 0.264. The van der Waals surface area contributed by atoms with Crippen molar-refractivity contribution in [3.63, 3.8) is 0 Å². The summed E-state index contributed by atoms with van der Waals surface area (Å²) in [6, 6.07) is 9.73. The Hall–Kier alpha value is -2.96. The second kappa shape index (κ2) is 7.51. The number of hydrogen-bond donors (Lipinski definition) is 0. The fraction of sp³-hybridized carbons (Fsp3) is 0.368. The lowest BCUT2D eigenvalue weighted by atomic mass is 10.1. The van der Waals surface area contributed by atoms with E-state index in [1.807, 2.05) is 55.8 Å². The molecule has 7 heteroatoms. The molecule has 0 aliphatic rings. The first-order valence-electron chi connectivity index (χ1n) is 8.61. The monoisotopic (exact) mass is 353 g/mol. The van der Waals surface area contributed by atoms with Crippen LogP contribution in [0.1, 0.15) is 35.5 Å². The van der Waals surface area contributed by atoms with Crippen LogP contribution in [0.4, 0.5) is 0 Å². The molecule has 0 aliphatic carbocycles. The maximum atomic E-state index is 12.2. The van der Waals surface area contributed by atoms with Crippen LogP contribution in [0.25, 0.3) is 0 Å². The third kappa shape index (κ3) is 3.66. The van der Waals surface area contributed by atoms with Gasteiger partial charge < -0.3 is 4.74 Å². The molecule has 3 rings (SSSR count). The molecule has 0 radical (unpaired) electrons. The molecule has 2 aromatic heterocycles. The Morgan fingerprint density at radius 1 is 1.15 bits per heavy atom. The minimum Gasteiger partial charge on any atom is -0.496 e. The summed E-state index contributed by atoms with van der Waals surface area (Å²) in [6.07, 6.45) is 0.573. The molecule has 0 saturated carbocycles. The number of rotatable bonds is 6. The van der Waals surface area contributed by atoms with Gasteiger partial charge >= 0.3 is 5.69 Å². The SMILES string of the molecule is CCn1nc(Cc2ccccc2OC)nc1Cn1c(C)cc(C)nc1=O. The van der Waals surface area contributed by atoms with E-state index in [4.69, 9.17) is 4.74 Å². The molecular weight excluding hydrogens is 330 g/mol. The molecule has 26 heavy (non-hydrogen) atoms. The summed E-state index contributed by atoms with van der Waals surface area (Å²) in [7, 11) is 1.65. The molecule has 2 heterocycles. The average Bonchev–Trinajstić information content (AvgIpc) is 3.00. The van der Waals surface area contributed by atoms with E-state index in [1.54, 1.807) is 11.7 Å². The quantitative estimate of drug-likeness (QED) is 0.678. The van der Waals surface area contributed by atoms with Crippen LogP contribution < -0.4 is 10.4 Å². The molecule has 3 aromatic rings. The van der Waals surface area contributed by atoms with Crippen molar-refractivity contribution in [2.45, 2.75) is 40.3 Å². The van der Waals surface area contributed by atoms with Gasteiger partial charge in [0.1, 0.15) is 11.6 Å². The summed E-state index contributed by atoms with van der Waals surface area (Å²) >= 11 is 0. The molecular formula is C19H23N5O2. The van der Waals surface area contributed by atoms with Gasteiger partial charge in [0.05, 0.1) is 13.7 Å². The Morgan fingerprint density at radius 2 is 1.92 bits per heavy atom. The molecule has 0 saturated heterocycles. The molecule has 7 nitrogen and oxygen atoms in total. The molecule has 0 bridgehead atoms. The first-order chi connectivity index (χ1) is 12.5. The van der Waals surface area contributed by atoms with Crippen LogP contribution in [0.5, 0.6) is 5.75 Å². The van der Waals surface area contributed by atoms with E-state index in [0.29, 0.717) is 25.3 Å². The summed E-state index contributed by atoms with van der Waals surface area (Å²) in [5.74, 6) is 2.27. The van der Waals surface area contributed by atoms with Crippen molar-refractivity contribution < 1.29 is 4.74 Å². The van der Waals surface area contributed by atoms with E-state index < -0.39 is 0 Å². The third-order valence-corrected chi connectivity index (χ3v) is 4.28. The second-order valence-corrected chi connectivity index (χ2v) is 6.16. The van der Waals surface area contributed by atoms with Crippen LogP contribution in [0.3, 0.4) is 0 Å². The predicted octanol–water partition coefficient (Wildman–Crippen LogP) is 2.12. The maximum absolute atomic E-state index is 12.2. The standard InChI is InChI=1S/C19H23N5O2/c1-5-24-18(12-23-14(3)10-13(2)20-19(23)25)21-17(22-24)11-15-8-6-7-9-16(15)26-4/h6-10H,5,11-12H2,1-4H3. The van der Waals surface area contributed by atoms with Gasteiger partial charge in [0.25, 0.3) is 0 Å². The Labute approximate surface area is 152 Å². The van der Waals surface area contributed by atoms with Gasteiger partial charge in [-0.2, -0.15) is 10.1 Å². The molecule has 136 valence electrons. The van der Waals surface area contributed by atoms with Gasteiger partial charge in [-0.3, -0.25) is 4.57 Å². The number of para-hydroxylation sites is 1. The number of nitrogens with zero attached hydrogens (tertiary/aromatic N) is 5. The zero-order valence-electron chi connectivity index (χ0n) is 15.6. The number of aromatic nitrogens is 5. The van der Waals surface area contributed by atoms with Crippen molar-refractivity contribution in [2.24, 2.45) is 0 Å². The first-order valence-corrected chi connectivity index (χ1v) is 8.61. The number of benzene rings is 1. The highest BCUT2D eigenvalue weighted by Gasteiger charge is 2.14. The van der Waals surface area contributed by atoms with E-state index in [-0.39, 0.29) is 5.69 Å². The molecule has 0 amide bonds. The lowest BCUT2D eigenvalue weighted by Gasteiger charge is -2.09. The maximum Gasteiger partial charge on any atom is 0.348 e. The van der Waals surface area contributed by atoms with Crippen molar-refractivity contribution in [3.05, 3.63) is 69.4 Å². The van der Waals surface area contributed by atoms with Crippen LogP contribution in [-0.4, -0.2) is 31.4 Å². The Morgan fingerprint density at radius 3 is 2.62 bits per heavy atom. The molecule has 0 aliphatic heterocycles. The highest BCUT2D eigenvalue weighted by atomic mass is 16.5. The largest absolute Gasteiger partial charge is 0.496 e. The summed E-state index contributed by atoms with van der Waals surface area (Å²) in [5.41, 5.74) is 2.34. The lowest BCUT2D eigenvalue weighted by molar-refractivity contribution is 0.410. The van der Waals surface area contributed by atoms with Crippen molar-refractivity contribution in [2.75, 3.05) is 7.11 Å². The Bertz CT molecular complexity index is 974. The molecule has 0 N–H and O–H groups in total. The highest BCUT2D eigenvalue weighted by molar-refractivity contribution is 5.35. The predicted molar refractivity (Wildman–Crippen MR) is 98.6 cm³/mol. The summed E-state index contributed by atoms with van der Waals surface area (Å²) in [4.78, 5) is 20.9. The normalized spacial score (nSPS) is 10.9. The van der Waals surface area contributed by atoms with Crippen LogP contribution in [0.2, 0.25) is 0 Å². The van der Waals surface area contributed by atoms with E-state index in [0.717, 1.165) is 28.5 Å². The molecule has 0 atom stereocenters. The van der Waals surface area contributed by atoms with Gasteiger partial charge in [-0.1, -0.05) is 18.2 Å². The smallest absolute Gasteiger partial charge is 0.348 e. The van der Waals surface area contributed by atoms with E-state index in [9.17, 15) is 4.79 Å². The molecule has 0 fully saturated rings. The fourth-order valence-corrected chi connectivity index (χ4v) is 3.00. The second-order valence-electron chi connectivity index (χ2n) is 6.16. The fourth-order valence-electron chi connectivity index (χ4n) is 3.00. The lowest BCUT2D eigenvalue weighted by Crippen LogP contribution is -2.27. The third-order valence-electron chi connectivity index (χ3n) is 4.28. The van der Waals surface area contributed by atoms with Gasteiger partial charge in [-0.25, -0.2) is 14.5 Å². The van der Waals surface area contributed by atoms with Gasteiger partial charge in [0.15, 0.2) is 5.82 Å². The molecule has 0 unspecified atom stereocenters. The van der Waals surface area contributed by atoms with Crippen LogP contribution >= 0.6 is 0 Å². The Kier molecular flexibility index (Phi) is 5.16. The topological polar surface area (TPSA) is 74.8 Å². The molecule has 0 spiro atoms. The summed E-state index contributed by atoms with van der Waals surface area (Å²) in [6.45, 7) is 6.76. The Balaban J connectivity index is 1.91. The molecule has 1 aromatic carbocycles. The van der Waals surface area contributed by atoms with Gasteiger partial charge in [-0.15, -0.1) is 0 Å². The highest BCUT2D eigenvalue weighted by Crippen LogP contribution is 2.20. The van der Waals surface area contributed by atoms with Crippen molar-refractivity contribution >= 4 is 0 Å². The first kappa shape index (κ1) is 17.8. The number of methoxy groups -OCH3 is 1. The summed E-state index contributed by atoms with van der Waals surface area (Å²) in [5, 5.41) is 4.59. The van der Waals surface area contributed by atoms with Crippen LogP contribution in [-0.2, 0) is 19.5 Å². The van der Waals surface area contributed by atoms with E-state index >= 15 is 0 Å². The zero-order valence-corrected chi connectivity index (χ0v) is 15.6. The van der Waals surface area contributed by atoms with Crippen molar-refractivity contribution in [1.29, 1.82) is 0 Å². The van der Waals surface area contributed by atoms with Crippen LogP contribution in [0, 0.1) is 13.8 Å². The number of aryl methyl sites for hydroxylation is 3.